The minimum atomic E-state index is -4.73. The summed E-state index contributed by atoms with van der Waals surface area (Å²) in [5.74, 6) is -2.62. The van der Waals surface area contributed by atoms with Crippen LogP contribution in [-0.4, -0.2) is 48.2 Å². The van der Waals surface area contributed by atoms with Gasteiger partial charge in [0.25, 0.3) is 5.91 Å². The zero-order valence-electron chi connectivity index (χ0n) is 14.1. The van der Waals surface area contributed by atoms with E-state index in [4.69, 9.17) is 4.74 Å². The van der Waals surface area contributed by atoms with Gasteiger partial charge in [0.1, 0.15) is 0 Å². The highest BCUT2D eigenvalue weighted by Crippen LogP contribution is 2.34. The first-order chi connectivity index (χ1) is 12.6. The van der Waals surface area contributed by atoms with Crippen LogP contribution in [0.1, 0.15) is 35.2 Å². The lowest BCUT2D eigenvalue weighted by molar-refractivity contribution is -0.144. The van der Waals surface area contributed by atoms with E-state index < -0.39 is 29.2 Å². The largest absolute Gasteiger partial charge is 0.479 e. The molecule has 7 nitrogen and oxygen atoms in total. The summed E-state index contributed by atoms with van der Waals surface area (Å²) < 4.78 is 44.8. The molecule has 2 saturated heterocycles. The molecule has 3 rings (SSSR count). The second-order valence-corrected chi connectivity index (χ2v) is 6.56. The Balaban J connectivity index is 1.97. The number of anilines is 1. The molecule has 0 radical (unpaired) electrons. The number of carboxylic acids is 1. The van der Waals surface area contributed by atoms with Crippen LogP contribution in [-0.2, 0) is 20.5 Å². The number of alkyl halides is 3. The fourth-order valence-electron chi connectivity index (χ4n) is 3.16. The van der Waals surface area contributed by atoms with Gasteiger partial charge in [-0.1, -0.05) is 0 Å². The van der Waals surface area contributed by atoms with Gasteiger partial charge in [0.15, 0.2) is 5.54 Å². The molecule has 2 amide bonds. The third kappa shape index (κ3) is 3.75. The Bertz CT molecular complexity index is 787. The highest BCUT2D eigenvalue weighted by atomic mass is 19.4. The van der Waals surface area contributed by atoms with Crippen LogP contribution in [0.5, 0.6) is 0 Å². The van der Waals surface area contributed by atoms with Gasteiger partial charge >= 0.3 is 12.1 Å². The summed E-state index contributed by atoms with van der Waals surface area (Å²) in [6.45, 7) is 0.0985. The average Bonchev–Trinajstić information content (AvgIpc) is 3.23. The first-order valence-corrected chi connectivity index (χ1v) is 8.29. The predicted octanol–water partition coefficient (Wildman–Crippen LogP) is 1.81. The molecule has 146 valence electrons. The molecule has 1 unspecified atom stereocenters. The number of rotatable bonds is 4. The van der Waals surface area contributed by atoms with E-state index >= 15 is 0 Å². The van der Waals surface area contributed by atoms with Crippen molar-refractivity contribution < 1.29 is 37.4 Å². The predicted molar refractivity (Wildman–Crippen MR) is 86.3 cm³/mol. The molecule has 0 aliphatic carbocycles. The molecule has 10 heteroatoms. The SMILES string of the molecule is O=C(NC1(C(=O)O)CCOC1)c1cc(N2CCCC2=O)cc(C(F)(F)F)c1. The van der Waals surface area contributed by atoms with Crippen LogP contribution in [0.3, 0.4) is 0 Å². The fraction of sp³-hybridized carbons (Fsp3) is 0.471. The van der Waals surface area contributed by atoms with Gasteiger partial charge in [-0.05, 0) is 24.6 Å². The Morgan fingerprint density at radius 1 is 1.26 bits per heavy atom. The summed E-state index contributed by atoms with van der Waals surface area (Å²) >= 11 is 0. The number of benzene rings is 1. The molecule has 1 aromatic carbocycles. The zero-order valence-corrected chi connectivity index (χ0v) is 14.1. The van der Waals surface area contributed by atoms with Crippen molar-refractivity contribution in [1.82, 2.24) is 5.32 Å². The molecule has 0 saturated carbocycles. The summed E-state index contributed by atoms with van der Waals surface area (Å²) in [6, 6.07) is 2.62. The number of aliphatic carboxylic acids is 1. The maximum absolute atomic E-state index is 13.3. The number of halogens is 3. The van der Waals surface area contributed by atoms with Gasteiger partial charge in [0, 0.05) is 37.2 Å². The summed E-state index contributed by atoms with van der Waals surface area (Å²) in [4.78, 5) is 37.1. The first kappa shape index (κ1) is 19.2. The molecule has 0 aromatic heterocycles. The molecule has 0 spiro atoms. The standard InChI is InChI=1S/C17H17F3N2O5/c18-17(19,20)11-6-10(7-12(8-11)22-4-1-2-13(22)23)14(24)21-16(15(25)26)3-5-27-9-16/h6-8H,1-5,9H2,(H,21,24)(H,25,26). The number of hydrogen-bond acceptors (Lipinski definition) is 4. The molecule has 2 fully saturated rings. The molecule has 2 aliphatic rings. The lowest BCUT2D eigenvalue weighted by Gasteiger charge is -2.24. The van der Waals surface area contributed by atoms with Crippen molar-refractivity contribution in [3.05, 3.63) is 29.3 Å². The van der Waals surface area contributed by atoms with E-state index in [0.717, 1.165) is 6.07 Å². The normalized spacial score (nSPS) is 22.9. The van der Waals surface area contributed by atoms with Gasteiger partial charge in [-0.25, -0.2) is 4.79 Å². The Morgan fingerprint density at radius 3 is 2.52 bits per heavy atom. The van der Waals surface area contributed by atoms with E-state index in [1.54, 1.807) is 0 Å². The Hall–Kier alpha value is -2.62. The van der Waals surface area contributed by atoms with Crippen LogP contribution in [0.4, 0.5) is 18.9 Å². The van der Waals surface area contributed by atoms with Crippen LogP contribution in [0.25, 0.3) is 0 Å². The van der Waals surface area contributed by atoms with Crippen LogP contribution in [0, 0.1) is 0 Å². The van der Waals surface area contributed by atoms with Crippen molar-refractivity contribution >= 4 is 23.5 Å². The van der Waals surface area contributed by atoms with Gasteiger partial charge in [0.05, 0.1) is 12.2 Å². The lowest BCUT2D eigenvalue weighted by atomic mass is 9.98. The van der Waals surface area contributed by atoms with Crippen molar-refractivity contribution in [2.45, 2.75) is 31.0 Å². The van der Waals surface area contributed by atoms with Crippen molar-refractivity contribution in [3.63, 3.8) is 0 Å². The number of ether oxygens (including phenoxy) is 1. The average molecular weight is 386 g/mol. The smallest absolute Gasteiger partial charge is 0.416 e. The molecule has 2 aliphatic heterocycles. The topological polar surface area (TPSA) is 95.9 Å². The Morgan fingerprint density at radius 2 is 2.00 bits per heavy atom. The summed E-state index contributed by atoms with van der Waals surface area (Å²) in [5, 5.41) is 11.7. The van der Waals surface area contributed by atoms with E-state index in [1.807, 2.05) is 0 Å². The maximum Gasteiger partial charge on any atom is 0.416 e. The molecular formula is C17H17F3N2O5. The number of amides is 2. The van der Waals surface area contributed by atoms with Gasteiger partial charge < -0.3 is 20.1 Å². The van der Waals surface area contributed by atoms with Gasteiger partial charge in [-0.15, -0.1) is 0 Å². The zero-order chi connectivity index (χ0) is 19.8. The van der Waals surface area contributed by atoms with Crippen LogP contribution in [0.15, 0.2) is 18.2 Å². The lowest BCUT2D eigenvalue weighted by Crippen LogP contribution is -2.55. The van der Waals surface area contributed by atoms with Crippen LogP contribution >= 0.6 is 0 Å². The molecule has 2 N–H and O–H groups in total. The second kappa shape index (κ2) is 6.84. The Kier molecular flexibility index (Phi) is 4.85. The van der Waals surface area contributed by atoms with E-state index in [0.29, 0.717) is 12.5 Å². The van der Waals surface area contributed by atoms with Crippen molar-refractivity contribution in [3.8, 4) is 0 Å². The molecule has 1 aromatic rings. The fourth-order valence-corrected chi connectivity index (χ4v) is 3.16. The highest BCUT2D eigenvalue weighted by Gasteiger charge is 2.44. The Labute approximate surface area is 152 Å². The molecule has 0 bridgehead atoms. The van der Waals surface area contributed by atoms with Crippen LogP contribution in [0.2, 0.25) is 0 Å². The summed E-state index contributed by atoms with van der Waals surface area (Å²) in [5.41, 5.74) is -3.18. The molecule has 27 heavy (non-hydrogen) atoms. The van der Waals surface area contributed by atoms with E-state index in [2.05, 4.69) is 5.32 Å². The molecular weight excluding hydrogens is 369 g/mol. The van der Waals surface area contributed by atoms with Crippen molar-refractivity contribution in [1.29, 1.82) is 0 Å². The number of carboxylic acid groups (broad SMARTS) is 1. The second-order valence-electron chi connectivity index (χ2n) is 6.56. The van der Waals surface area contributed by atoms with Crippen molar-refractivity contribution in [2.75, 3.05) is 24.7 Å². The number of carbonyl (C=O) groups excluding carboxylic acids is 2. The third-order valence-corrected chi connectivity index (χ3v) is 4.68. The molecule has 1 atom stereocenters. The van der Waals surface area contributed by atoms with E-state index in [9.17, 15) is 32.7 Å². The van der Waals surface area contributed by atoms with Crippen molar-refractivity contribution in [2.24, 2.45) is 0 Å². The molecule has 2 heterocycles. The van der Waals surface area contributed by atoms with Gasteiger partial charge in [0.2, 0.25) is 5.91 Å². The summed E-state index contributed by atoms with van der Waals surface area (Å²) in [6.07, 6.45) is -3.99. The van der Waals surface area contributed by atoms with Crippen LogP contribution < -0.4 is 10.2 Å². The monoisotopic (exact) mass is 386 g/mol. The minimum absolute atomic E-state index is 0.00447. The highest BCUT2D eigenvalue weighted by molar-refractivity contribution is 6.01. The number of nitrogens with one attached hydrogen (secondary N) is 1. The third-order valence-electron chi connectivity index (χ3n) is 4.68. The first-order valence-electron chi connectivity index (χ1n) is 8.29. The van der Waals surface area contributed by atoms with E-state index in [-0.39, 0.29) is 49.8 Å². The van der Waals surface area contributed by atoms with E-state index in [1.165, 1.54) is 11.0 Å². The number of carbonyl (C=O) groups is 3. The summed E-state index contributed by atoms with van der Waals surface area (Å²) in [7, 11) is 0. The van der Waals surface area contributed by atoms with Gasteiger partial charge in [-0.3, -0.25) is 9.59 Å². The number of hydrogen-bond donors (Lipinski definition) is 2. The van der Waals surface area contributed by atoms with Gasteiger partial charge in [-0.2, -0.15) is 13.2 Å². The number of nitrogens with zero attached hydrogens (tertiary/aromatic N) is 1. The minimum Gasteiger partial charge on any atom is -0.479 e. The quantitative estimate of drug-likeness (QED) is 0.823. The maximum atomic E-state index is 13.3.